The first-order valence-electron chi connectivity index (χ1n) is 8.31. The SMILES string of the molecule is O=C(NS(=O)(=O)C1CCCC1)[C@@H]1C[C@@]12CCOc1ccccc12. The molecule has 4 rings (SSSR count). The Hall–Kier alpha value is -1.56. The summed E-state index contributed by atoms with van der Waals surface area (Å²) in [5.74, 6) is 0.227. The van der Waals surface area contributed by atoms with Gasteiger partial charge >= 0.3 is 0 Å². The molecule has 124 valence electrons. The highest BCUT2D eigenvalue weighted by Crippen LogP contribution is 2.60. The third-order valence-corrected chi connectivity index (χ3v) is 7.44. The van der Waals surface area contributed by atoms with E-state index in [-0.39, 0.29) is 17.2 Å². The first-order valence-corrected chi connectivity index (χ1v) is 9.85. The fourth-order valence-corrected chi connectivity index (χ4v) is 5.74. The van der Waals surface area contributed by atoms with E-state index >= 15 is 0 Å². The third kappa shape index (κ3) is 2.43. The summed E-state index contributed by atoms with van der Waals surface area (Å²) in [6.07, 6.45) is 4.66. The number of sulfonamides is 1. The zero-order valence-electron chi connectivity index (χ0n) is 13.0. The van der Waals surface area contributed by atoms with Crippen LogP contribution in [0.4, 0.5) is 0 Å². The molecule has 1 aromatic rings. The average molecular weight is 335 g/mol. The molecule has 1 aromatic carbocycles. The van der Waals surface area contributed by atoms with Gasteiger partial charge in [0.15, 0.2) is 0 Å². The van der Waals surface area contributed by atoms with Crippen LogP contribution < -0.4 is 9.46 Å². The summed E-state index contributed by atoms with van der Waals surface area (Å²) in [5, 5.41) is -0.400. The lowest BCUT2D eigenvalue weighted by Gasteiger charge is -2.26. The lowest BCUT2D eigenvalue weighted by molar-refractivity contribution is -0.121. The van der Waals surface area contributed by atoms with E-state index in [9.17, 15) is 13.2 Å². The summed E-state index contributed by atoms with van der Waals surface area (Å²) < 4.78 is 32.7. The van der Waals surface area contributed by atoms with Crippen LogP contribution in [0.25, 0.3) is 0 Å². The summed E-state index contributed by atoms with van der Waals surface area (Å²) in [7, 11) is -3.53. The molecular formula is C17H21NO4S. The largest absolute Gasteiger partial charge is 0.493 e. The highest BCUT2D eigenvalue weighted by molar-refractivity contribution is 7.90. The fraction of sp³-hybridized carbons (Fsp3) is 0.588. The summed E-state index contributed by atoms with van der Waals surface area (Å²) in [6, 6.07) is 7.77. The van der Waals surface area contributed by atoms with E-state index in [1.54, 1.807) is 0 Å². The van der Waals surface area contributed by atoms with Crippen molar-refractivity contribution in [2.24, 2.45) is 5.92 Å². The smallest absolute Gasteiger partial charge is 0.237 e. The molecule has 1 N–H and O–H groups in total. The summed E-state index contributed by atoms with van der Waals surface area (Å²) in [4.78, 5) is 12.5. The van der Waals surface area contributed by atoms with Gasteiger partial charge in [0.1, 0.15) is 5.75 Å². The molecule has 1 heterocycles. The molecule has 6 heteroatoms. The lowest BCUT2D eigenvalue weighted by atomic mass is 9.87. The van der Waals surface area contributed by atoms with Gasteiger partial charge in [0.2, 0.25) is 15.9 Å². The maximum Gasteiger partial charge on any atom is 0.237 e. The van der Waals surface area contributed by atoms with Crippen LogP contribution in [0.2, 0.25) is 0 Å². The molecule has 0 saturated heterocycles. The molecule has 0 unspecified atom stereocenters. The van der Waals surface area contributed by atoms with Crippen molar-refractivity contribution in [1.29, 1.82) is 0 Å². The molecular weight excluding hydrogens is 314 g/mol. The number of fused-ring (bicyclic) bond motifs is 2. The van der Waals surface area contributed by atoms with Crippen LogP contribution in [-0.4, -0.2) is 26.2 Å². The quantitative estimate of drug-likeness (QED) is 0.918. The molecule has 1 spiro atoms. The van der Waals surface area contributed by atoms with E-state index in [4.69, 9.17) is 4.74 Å². The van der Waals surface area contributed by atoms with Gasteiger partial charge in [0, 0.05) is 16.9 Å². The van der Waals surface area contributed by atoms with E-state index < -0.39 is 15.3 Å². The second-order valence-electron chi connectivity index (χ2n) is 6.93. The first-order chi connectivity index (χ1) is 11.0. The summed E-state index contributed by atoms with van der Waals surface area (Å²) in [6.45, 7) is 0.580. The van der Waals surface area contributed by atoms with Crippen LogP contribution in [0, 0.1) is 5.92 Å². The number of rotatable bonds is 3. The first kappa shape index (κ1) is 15.0. The van der Waals surface area contributed by atoms with Crippen molar-refractivity contribution in [1.82, 2.24) is 4.72 Å². The zero-order valence-corrected chi connectivity index (χ0v) is 13.8. The van der Waals surface area contributed by atoms with Gasteiger partial charge in [-0.25, -0.2) is 8.42 Å². The summed E-state index contributed by atoms with van der Waals surface area (Å²) >= 11 is 0. The third-order valence-electron chi connectivity index (χ3n) is 5.60. The van der Waals surface area contributed by atoms with Gasteiger partial charge in [-0.05, 0) is 31.7 Å². The fourth-order valence-electron chi connectivity index (χ4n) is 4.20. The van der Waals surface area contributed by atoms with E-state index in [2.05, 4.69) is 4.72 Å². The Morgan fingerprint density at radius 3 is 2.74 bits per heavy atom. The number of para-hydroxylation sites is 1. The van der Waals surface area contributed by atoms with Crippen LogP contribution in [0.3, 0.4) is 0 Å². The van der Waals surface area contributed by atoms with E-state index in [0.29, 0.717) is 25.9 Å². The second kappa shape index (κ2) is 5.23. The molecule has 0 aromatic heterocycles. The molecule has 2 atom stereocenters. The van der Waals surface area contributed by atoms with Crippen molar-refractivity contribution < 1.29 is 17.9 Å². The zero-order chi connectivity index (χ0) is 16.1. The molecule has 2 saturated carbocycles. The van der Waals surface area contributed by atoms with Gasteiger partial charge < -0.3 is 4.74 Å². The molecule has 3 aliphatic rings. The van der Waals surface area contributed by atoms with E-state index in [0.717, 1.165) is 30.6 Å². The van der Waals surface area contributed by atoms with Crippen molar-refractivity contribution in [2.75, 3.05) is 6.61 Å². The van der Waals surface area contributed by atoms with Crippen LogP contribution >= 0.6 is 0 Å². The van der Waals surface area contributed by atoms with Gasteiger partial charge in [-0.1, -0.05) is 31.0 Å². The molecule has 0 bridgehead atoms. The molecule has 2 fully saturated rings. The normalized spacial score (nSPS) is 29.8. The molecule has 1 aliphatic heterocycles. The predicted octanol–water partition coefficient (Wildman–Crippen LogP) is 2.12. The monoisotopic (exact) mass is 335 g/mol. The Labute approximate surface area is 136 Å². The number of carbonyl (C=O) groups is 1. The maximum atomic E-state index is 12.5. The predicted molar refractivity (Wildman–Crippen MR) is 85.7 cm³/mol. The van der Waals surface area contributed by atoms with E-state index in [1.807, 2.05) is 24.3 Å². The van der Waals surface area contributed by atoms with Crippen LogP contribution in [-0.2, 0) is 20.2 Å². The number of benzene rings is 1. The molecule has 23 heavy (non-hydrogen) atoms. The van der Waals surface area contributed by atoms with Gasteiger partial charge in [0.25, 0.3) is 0 Å². The Morgan fingerprint density at radius 2 is 1.96 bits per heavy atom. The van der Waals surface area contributed by atoms with E-state index in [1.165, 1.54) is 0 Å². The Morgan fingerprint density at radius 1 is 1.22 bits per heavy atom. The van der Waals surface area contributed by atoms with Crippen molar-refractivity contribution in [3.05, 3.63) is 29.8 Å². The van der Waals surface area contributed by atoms with Crippen molar-refractivity contribution >= 4 is 15.9 Å². The minimum absolute atomic E-state index is 0.232. The van der Waals surface area contributed by atoms with Gasteiger partial charge in [-0.15, -0.1) is 0 Å². The molecule has 0 radical (unpaired) electrons. The van der Waals surface area contributed by atoms with Crippen molar-refractivity contribution in [3.8, 4) is 5.75 Å². The minimum Gasteiger partial charge on any atom is -0.493 e. The maximum absolute atomic E-state index is 12.5. The minimum atomic E-state index is -3.53. The molecule has 2 aliphatic carbocycles. The Kier molecular flexibility index (Phi) is 3.41. The second-order valence-corrected chi connectivity index (χ2v) is 8.89. The highest BCUT2D eigenvalue weighted by Gasteiger charge is 2.61. The van der Waals surface area contributed by atoms with Crippen molar-refractivity contribution in [3.63, 3.8) is 0 Å². The number of hydrogen-bond donors (Lipinski definition) is 1. The van der Waals surface area contributed by atoms with Crippen LogP contribution in [0.1, 0.15) is 44.1 Å². The van der Waals surface area contributed by atoms with Gasteiger partial charge in [-0.3, -0.25) is 9.52 Å². The Bertz CT molecular complexity index is 739. The van der Waals surface area contributed by atoms with Crippen LogP contribution in [0.15, 0.2) is 24.3 Å². The number of amides is 1. The number of carbonyl (C=O) groups excluding carboxylic acids is 1. The number of nitrogens with one attached hydrogen (secondary N) is 1. The lowest BCUT2D eigenvalue weighted by Crippen LogP contribution is -2.39. The highest BCUT2D eigenvalue weighted by atomic mass is 32.2. The van der Waals surface area contributed by atoms with Gasteiger partial charge in [0.05, 0.1) is 11.9 Å². The van der Waals surface area contributed by atoms with Crippen molar-refractivity contribution in [2.45, 2.75) is 49.2 Å². The topological polar surface area (TPSA) is 72.5 Å². The average Bonchev–Trinajstić information content (AvgIpc) is 2.98. The molecule has 1 amide bonds. The van der Waals surface area contributed by atoms with Gasteiger partial charge in [-0.2, -0.15) is 0 Å². The van der Waals surface area contributed by atoms with Crippen LogP contribution in [0.5, 0.6) is 5.75 Å². The standard InChI is InChI=1S/C17H21NO4S/c19-16(18-23(20,21)12-5-1-2-6-12)14-11-17(14)9-10-22-15-8-4-3-7-13(15)17/h3-4,7-8,12,14H,1-2,5-6,9-11H2,(H,18,19)/t14-,17+/m0/s1. The molecule has 5 nitrogen and oxygen atoms in total. The Balaban J connectivity index is 1.52. The summed E-state index contributed by atoms with van der Waals surface area (Å²) in [5.41, 5.74) is 0.814. The number of hydrogen-bond acceptors (Lipinski definition) is 4. The number of ether oxygens (including phenoxy) is 1.